The summed E-state index contributed by atoms with van der Waals surface area (Å²) in [5.74, 6) is -0.316. The monoisotopic (exact) mass is 264 g/mol. The first-order valence-corrected chi connectivity index (χ1v) is 6.76. The summed E-state index contributed by atoms with van der Waals surface area (Å²) in [7, 11) is 0. The number of thiophene rings is 2. The summed E-state index contributed by atoms with van der Waals surface area (Å²) in [6, 6.07) is 5.13. The van der Waals surface area contributed by atoms with Crippen molar-refractivity contribution in [2.75, 3.05) is 0 Å². The van der Waals surface area contributed by atoms with E-state index >= 15 is 0 Å². The number of nitrogens with one attached hydrogen (secondary N) is 2. The van der Waals surface area contributed by atoms with Gasteiger partial charge in [0.05, 0.1) is 0 Å². The van der Waals surface area contributed by atoms with Crippen molar-refractivity contribution < 1.29 is 9.59 Å². The van der Waals surface area contributed by atoms with Gasteiger partial charge in [-0.2, -0.15) is 11.3 Å². The molecule has 0 radical (unpaired) electrons. The largest absolute Gasteiger partial charge is 0.322 e. The van der Waals surface area contributed by atoms with Gasteiger partial charge in [-0.25, -0.2) is 4.79 Å². The van der Waals surface area contributed by atoms with Crippen LogP contribution in [0.5, 0.6) is 0 Å². The molecule has 2 aromatic heterocycles. The van der Waals surface area contributed by atoms with Crippen LogP contribution in [0, 0.1) is 0 Å². The second-order valence-electron chi connectivity index (χ2n) is 3.65. The van der Waals surface area contributed by atoms with Crippen LogP contribution in [-0.4, -0.2) is 11.9 Å². The predicted octanol–water partition coefficient (Wildman–Crippen LogP) is 1.89. The van der Waals surface area contributed by atoms with Gasteiger partial charge < -0.3 is 5.32 Å². The third kappa shape index (κ3) is 1.41. The normalized spacial score (nSPS) is 23.5. The van der Waals surface area contributed by atoms with E-state index in [-0.39, 0.29) is 5.91 Å². The van der Waals surface area contributed by atoms with Crippen LogP contribution in [0.2, 0.25) is 0 Å². The summed E-state index contributed by atoms with van der Waals surface area (Å²) in [4.78, 5) is 24.4. The Labute approximate surface area is 105 Å². The zero-order valence-corrected chi connectivity index (χ0v) is 10.2. The highest BCUT2D eigenvalue weighted by atomic mass is 32.1. The molecule has 1 aliphatic rings. The molecule has 3 amide bonds. The molecule has 0 spiro atoms. The van der Waals surface area contributed by atoms with Crippen LogP contribution in [0.4, 0.5) is 4.79 Å². The maximum absolute atomic E-state index is 12.1. The number of hydrogen-bond donors (Lipinski definition) is 2. The molecule has 1 atom stereocenters. The maximum atomic E-state index is 12.1. The number of amides is 3. The van der Waals surface area contributed by atoms with Crippen LogP contribution in [-0.2, 0) is 10.3 Å². The fourth-order valence-corrected chi connectivity index (χ4v) is 3.55. The van der Waals surface area contributed by atoms with Crippen LogP contribution < -0.4 is 10.6 Å². The summed E-state index contributed by atoms with van der Waals surface area (Å²) in [5.41, 5.74) is -0.251. The molecule has 3 heterocycles. The first-order chi connectivity index (χ1) is 8.23. The molecule has 17 heavy (non-hydrogen) atoms. The Balaban J connectivity index is 2.22. The second kappa shape index (κ2) is 3.68. The van der Waals surface area contributed by atoms with E-state index in [4.69, 9.17) is 0 Å². The standard InChI is InChI=1S/C11H8N2O2S2/c14-9-11(13-10(15)12-9,7-3-5-16-6-7)8-2-1-4-17-8/h1-6H,(H2,12,13,14,15)/t11-/m0/s1. The lowest BCUT2D eigenvalue weighted by Gasteiger charge is -2.23. The van der Waals surface area contributed by atoms with Crippen LogP contribution in [0.15, 0.2) is 34.3 Å². The van der Waals surface area contributed by atoms with Crippen LogP contribution in [0.25, 0.3) is 0 Å². The molecule has 1 aliphatic heterocycles. The highest BCUT2D eigenvalue weighted by Gasteiger charge is 2.50. The predicted molar refractivity (Wildman–Crippen MR) is 66.1 cm³/mol. The first kappa shape index (κ1) is 10.5. The summed E-state index contributed by atoms with van der Waals surface area (Å²) in [6.07, 6.45) is 0. The van der Waals surface area contributed by atoms with E-state index < -0.39 is 11.6 Å². The third-order valence-electron chi connectivity index (χ3n) is 2.71. The van der Waals surface area contributed by atoms with Crippen LogP contribution in [0.3, 0.4) is 0 Å². The number of carbonyl (C=O) groups excluding carboxylic acids is 2. The Hall–Kier alpha value is -1.66. The van der Waals surface area contributed by atoms with Gasteiger partial charge in [-0.1, -0.05) is 6.07 Å². The van der Waals surface area contributed by atoms with Gasteiger partial charge in [0, 0.05) is 10.4 Å². The number of imide groups is 1. The van der Waals surface area contributed by atoms with Gasteiger partial charge in [0.25, 0.3) is 5.91 Å². The average molecular weight is 264 g/mol. The molecular weight excluding hydrogens is 256 g/mol. The van der Waals surface area contributed by atoms with Crippen LogP contribution in [0.1, 0.15) is 10.4 Å². The zero-order chi connectivity index (χ0) is 11.9. The lowest BCUT2D eigenvalue weighted by Crippen LogP contribution is -2.43. The summed E-state index contributed by atoms with van der Waals surface area (Å²) < 4.78 is 0. The second-order valence-corrected chi connectivity index (χ2v) is 5.38. The lowest BCUT2D eigenvalue weighted by atomic mass is 9.90. The topological polar surface area (TPSA) is 58.2 Å². The molecule has 0 bridgehead atoms. The minimum atomic E-state index is -1.05. The van der Waals surface area contributed by atoms with Gasteiger partial charge in [-0.05, 0) is 28.3 Å². The average Bonchev–Trinajstić information content (AvgIpc) is 2.98. The quantitative estimate of drug-likeness (QED) is 0.814. The van der Waals surface area contributed by atoms with Crippen molar-refractivity contribution in [1.82, 2.24) is 10.6 Å². The third-order valence-corrected chi connectivity index (χ3v) is 4.39. The number of urea groups is 1. The number of carbonyl (C=O) groups is 2. The van der Waals surface area contributed by atoms with Gasteiger partial charge in [0.15, 0.2) is 5.54 Å². The Morgan fingerprint density at radius 1 is 1.18 bits per heavy atom. The molecular formula is C11H8N2O2S2. The summed E-state index contributed by atoms with van der Waals surface area (Å²) in [6.45, 7) is 0. The SMILES string of the molecule is O=C1NC(=O)[C@](c2ccsc2)(c2cccs2)N1. The van der Waals surface area contributed by atoms with Gasteiger partial charge in [-0.3, -0.25) is 10.1 Å². The molecule has 0 unspecified atom stereocenters. The van der Waals surface area contributed by atoms with Gasteiger partial charge in [0.2, 0.25) is 0 Å². The maximum Gasteiger partial charge on any atom is 0.322 e. The summed E-state index contributed by atoms with van der Waals surface area (Å²) in [5, 5.41) is 10.7. The molecule has 4 nitrogen and oxygen atoms in total. The fraction of sp³-hybridized carbons (Fsp3) is 0.0909. The van der Waals surface area contributed by atoms with Crippen molar-refractivity contribution in [2.24, 2.45) is 0 Å². The fourth-order valence-electron chi connectivity index (χ4n) is 1.94. The van der Waals surface area contributed by atoms with E-state index in [9.17, 15) is 9.59 Å². The molecule has 3 rings (SSSR count). The molecule has 86 valence electrons. The number of rotatable bonds is 2. The highest BCUT2D eigenvalue weighted by molar-refractivity contribution is 7.10. The molecule has 1 saturated heterocycles. The Morgan fingerprint density at radius 2 is 2.06 bits per heavy atom. The highest BCUT2D eigenvalue weighted by Crippen LogP contribution is 2.36. The van der Waals surface area contributed by atoms with E-state index in [0.717, 1.165) is 10.4 Å². The lowest BCUT2D eigenvalue weighted by molar-refractivity contribution is -0.122. The molecule has 6 heteroatoms. The zero-order valence-electron chi connectivity index (χ0n) is 8.60. The minimum Gasteiger partial charge on any atom is -0.315 e. The van der Waals surface area contributed by atoms with Crippen molar-refractivity contribution in [3.8, 4) is 0 Å². The van der Waals surface area contributed by atoms with E-state index in [2.05, 4.69) is 10.6 Å². The Morgan fingerprint density at radius 3 is 2.59 bits per heavy atom. The van der Waals surface area contributed by atoms with E-state index in [0.29, 0.717) is 0 Å². The smallest absolute Gasteiger partial charge is 0.315 e. The van der Waals surface area contributed by atoms with E-state index in [1.54, 1.807) is 0 Å². The van der Waals surface area contributed by atoms with Crippen molar-refractivity contribution >= 4 is 34.6 Å². The first-order valence-electron chi connectivity index (χ1n) is 4.94. The van der Waals surface area contributed by atoms with E-state index in [1.165, 1.54) is 22.7 Å². The van der Waals surface area contributed by atoms with Gasteiger partial charge in [0.1, 0.15) is 0 Å². The Bertz CT molecular complexity index is 526. The van der Waals surface area contributed by atoms with E-state index in [1.807, 2.05) is 34.3 Å². The van der Waals surface area contributed by atoms with Crippen LogP contribution >= 0.6 is 22.7 Å². The van der Waals surface area contributed by atoms with Gasteiger partial charge in [-0.15, -0.1) is 11.3 Å². The molecule has 0 aromatic carbocycles. The van der Waals surface area contributed by atoms with Crippen molar-refractivity contribution in [3.05, 3.63) is 44.8 Å². The minimum absolute atomic E-state index is 0.316. The molecule has 2 aromatic rings. The Kier molecular flexibility index (Phi) is 2.27. The molecule has 0 aliphatic carbocycles. The molecule has 1 fully saturated rings. The number of hydrogen-bond acceptors (Lipinski definition) is 4. The summed E-state index contributed by atoms with van der Waals surface area (Å²) >= 11 is 2.95. The van der Waals surface area contributed by atoms with Crippen molar-refractivity contribution in [2.45, 2.75) is 5.54 Å². The van der Waals surface area contributed by atoms with Gasteiger partial charge >= 0.3 is 6.03 Å². The van der Waals surface area contributed by atoms with Crippen molar-refractivity contribution in [1.29, 1.82) is 0 Å². The van der Waals surface area contributed by atoms with Crippen molar-refractivity contribution in [3.63, 3.8) is 0 Å². The molecule has 2 N–H and O–H groups in total. The molecule has 0 saturated carbocycles.